The lowest BCUT2D eigenvalue weighted by molar-refractivity contribution is -0.143. The fraction of sp³-hybridized carbons (Fsp3) is 0.296. The number of fused-ring (bicyclic) bond motifs is 1. The summed E-state index contributed by atoms with van der Waals surface area (Å²) in [5.41, 5.74) is 2.24. The van der Waals surface area contributed by atoms with E-state index in [0.29, 0.717) is 38.7 Å². The second-order valence-corrected chi connectivity index (χ2v) is 10.3. The second-order valence-electron chi connectivity index (χ2n) is 8.43. The molecule has 1 aliphatic rings. The quantitative estimate of drug-likeness (QED) is 0.394. The number of hydrogen-bond donors (Lipinski definition) is 0. The first kappa shape index (κ1) is 25.9. The molecule has 0 fully saturated rings. The van der Waals surface area contributed by atoms with E-state index in [1.807, 2.05) is 55.5 Å². The molecule has 36 heavy (non-hydrogen) atoms. The molecular weight excluding hydrogens is 544 g/mol. The molecule has 1 aromatic heterocycles. The molecule has 0 N–H and O–H groups in total. The molecule has 0 saturated heterocycles. The summed E-state index contributed by atoms with van der Waals surface area (Å²) < 4.78 is 19.3. The number of rotatable bonds is 7. The Balaban J connectivity index is 1.89. The molecule has 2 heterocycles. The van der Waals surface area contributed by atoms with Crippen LogP contribution in [0.25, 0.3) is 6.08 Å². The first-order valence-electron chi connectivity index (χ1n) is 11.5. The molecule has 188 valence electrons. The first-order chi connectivity index (χ1) is 17.2. The van der Waals surface area contributed by atoms with Crippen LogP contribution in [-0.2, 0) is 9.53 Å². The number of carbonyl (C=O) groups is 1. The average molecular weight is 571 g/mol. The number of aromatic nitrogens is 1. The van der Waals surface area contributed by atoms with Gasteiger partial charge in [0.05, 0.1) is 46.1 Å². The van der Waals surface area contributed by atoms with E-state index in [1.165, 1.54) is 11.3 Å². The molecule has 0 unspecified atom stereocenters. The van der Waals surface area contributed by atoms with E-state index in [2.05, 4.69) is 20.9 Å². The minimum atomic E-state index is -0.673. The molecular formula is C27H27BrN2O5S. The van der Waals surface area contributed by atoms with Crippen molar-refractivity contribution in [2.24, 2.45) is 4.99 Å². The highest BCUT2D eigenvalue weighted by Gasteiger charge is 2.33. The highest BCUT2D eigenvalue weighted by molar-refractivity contribution is 9.10. The van der Waals surface area contributed by atoms with Gasteiger partial charge in [0.15, 0.2) is 4.80 Å². The van der Waals surface area contributed by atoms with Crippen LogP contribution in [0.2, 0.25) is 0 Å². The van der Waals surface area contributed by atoms with Gasteiger partial charge in [-0.1, -0.05) is 29.5 Å². The number of carbonyl (C=O) groups excluding carboxylic acids is 1. The number of ether oxygens (including phenoxy) is 3. The zero-order valence-corrected chi connectivity index (χ0v) is 23.1. The maximum atomic E-state index is 13.7. The smallest absolute Gasteiger partial charge is 0.338 e. The lowest BCUT2D eigenvalue weighted by Crippen LogP contribution is -2.40. The van der Waals surface area contributed by atoms with Crippen molar-refractivity contribution in [2.45, 2.75) is 39.8 Å². The standard InChI is InChI=1S/C27H27BrN2O5S/c1-6-34-19-10-8-18(9-11-19)24-23(26(32)35-15(2)3)16(4)29-27-30(24)25(31)22(36-27)14-17-7-12-21(33-5)20(28)13-17/h7-15,24H,6H2,1-5H3/b22-14+/t24-/m1/s1. The normalized spacial score (nSPS) is 15.5. The molecule has 0 aliphatic carbocycles. The number of nitrogens with zero attached hydrogens (tertiary/aromatic N) is 2. The van der Waals surface area contributed by atoms with Crippen LogP contribution in [0.4, 0.5) is 0 Å². The van der Waals surface area contributed by atoms with Gasteiger partial charge in [-0.15, -0.1) is 0 Å². The van der Waals surface area contributed by atoms with Crippen molar-refractivity contribution >= 4 is 39.3 Å². The monoisotopic (exact) mass is 570 g/mol. The Morgan fingerprint density at radius 1 is 1.22 bits per heavy atom. The average Bonchev–Trinajstić information content (AvgIpc) is 3.13. The molecule has 0 spiro atoms. The Morgan fingerprint density at radius 2 is 1.94 bits per heavy atom. The predicted octanol–water partition coefficient (Wildman–Crippen LogP) is 4.36. The van der Waals surface area contributed by atoms with Gasteiger partial charge in [-0.25, -0.2) is 9.79 Å². The topological polar surface area (TPSA) is 79.1 Å². The highest BCUT2D eigenvalue weighted by atomic mass is 79.9. The van der Waals surface area contributed by atoms with Crippen LogP contribution in [0, 0.1) is 0 Å². The highest BCUT2D eigenvalue weighted by Crippen LogP contribution is 2.32. The molecule has 9 heteroatoms. The number of methoxy groups -OCH3 is 1. The molecule has 0 saturated carbocycles. The van der Waals surface area contributed by atoms with Gasteiger partial charge >= 0.3 is 5.97 Å². The van der Waals surface area contributed by atoms with E-state index >= 15 is 0 Å². The van der Waals surface area contributed by atoms with Crippen molar-refractivity contribution < 1.29 is 19.0 Å². The Bertz CT molecular complexity index is 1500. The molecule has 0 bridgehead atoms. The molecule has 0 radical (unpaired) electrons. The van der Waals surface area contributed by atoms with Gasteiger partial charge in [-0.05, 0) is 85.1 Å². The summed E-state index contributed by atoms with van der Waals surface area (Å²) in [6.07, 6.45) is 1.51. The summed E-state index contributed by atoms with van der Waals surface area (Å²) in [5.74, 6) is 0.928. The predicted molar refractivity (Wildman–Crippen MR) is 143 cm³/mol. The third-order valence-electron chi connectivity index (χ3n) is 5.56. The van der Waals surface area contributed by atoms with Crippen LogP contribution >= 0.6 is 27.3 Å². The van der Waals surface area contributed by atoms with Crippen molar-refractivity contribution in [3.05, 3.63) is 89.0 Å². The Morgan fingerprint density at radius 3 is 2.56 bits per heavy atom. The van der Waals surface area contributed by atoms with Crippen molar-refractivity contribution in [3.8, 4) is 11.5 Å². The summed E-state index contributed by atoms with van der Waals surface area (Å²) in [6.45, 7) is 7.82. The van der Waals surface area contributed by atoms with Crippen molar-refractivity contribution in [2.75, 3.05) is 13.7 Å². The van der Waals surface area contributed by atoms with Gasteiger partial charge in [0.1, 0.15) is 11.5 Å². The van der Waals surface area contributed by atoms with E-state index < -0.39 is 12.0 Å². The second kappa shape index (κ2) is 10.8. The lowest BCUT2D eigenvalue weighted by atomic mass is 9.96. The van der Waals surface area contributed by atoms with E-state index in [1.54, 1.807) is 32.4 Å². The van der Waals surface area contributed by atoms with Crippen LogP contribution in [0.1, 0.15) is 44.9 Å². The summed E-state index contributed by atoms with van der Waals surface area (Å²) in [5, 5.41) is 0. The maximum absolute atomic E-state index is 13.7. The third-order valence-corrected chi connectivity index (χ3v) is 7.17. The van der Waals surface area contributed by atoms with E-state index in [0.717, 1.165) is 15.6 Å². The van der Waals surface area contributed by atoms with Gasteiger partial charge in [0.2, 0.25) is 0 Å². The van der Waals surface area contributed by atoms with Crippen LogP contribution < -0.4 is 24.4 Å². The van der Waals surface area contributed by atoms with Crippen LogP contribution in [0.3, 0.4) is 0 Å². The zero-order chi connectivity index (χ0) is 26.0. The van der Waals surface area contributed by atoms with Gasteiger partial charge in [-0.2, -0.15) is 0 Å². The van der Waals surface area contributed by atoms with E-state index in [-0.39, 0.29) is 11.7 Å². The molecule has 3 aromatic rings. The summed E-state index contributed by atoms with van der Waals surface area (Å²) in [7, 11) is 1.60. The molecule has 1 atom stereocenters. The van der Waals surface area contributed by atoms with Crippen molar-refractivity contribution in [1.82, 2.24) is 4.57 Å². The number of thiazole rings is 1. The number of allylic oxidation sites excluding steroid dienone is 1. The molecule has 2 aromatic carbocycles. The van der Waals surface area contributed by atoms with Crippen molar-refractivity contribution in [3.63, 3.8) is 0 Å². The van der Waals surface area contributed by atoms with E-state index in [9.17, 15) is 9.59 Å². The number of hydrogen-bond acceptors (Lipinski definition) is 7. The molecule has 7 nitrogen and oxygen atoms in total. The molecule has 4 rings (SSSR count). The van der Waals surface area contributed by atoms with Crippen LogP contribution in [0.15, 0.2) is 68.0 Å². The fourth-order valence-corrected chi connectivity index (χ4v) is 5.62. The largest absolute Gasteiger partial charge is 0.496 e. The third kappa shape index (κ3) is 5.17. The fourth-order valence-electron chi connectivity index (χ4n) is 4.01. The van der Waals surface area contributed by atoms with Crippen LogP contribution in [-0.4, -0.2) is 30.4 Å². The van der Waals surface area contributed by atoms with E-state index in [4.69, 9.17) is 14.2 Å². The summed E-state index contributed by atoms with van der Waals surface area (Å²) in [4.78, 5) is 32.1. The van der Waals surface area contributed by atoms with Gasteiger partial charge < -0.3 is 14.2 Å². The number of halogens is 1. The Hall–Kier alpha value is -3.17. The summed E-state index contributed by atoms with van der Waals surface area (Å²) in [6, 6.07) is 12.3. The number of benzene rings is 2. The van der Waals surface area contributed by atoms with Gasteiger partial charge in [-0.3, -0.25) is 9.36 Å². The van der Waals surface area contributed by atoms with Gasteiger partial charge in [0, 0.05) is 0 Å². The van der Waals surface area contributed by atoms with Crippen molar-refractivity contribution in [1.29, 1.82) is 0 Å². The maximum Gasteiger partial charge on any atom is 0.338 e. The minimum absolute atomic E-state index is 0.230. The number of esters is 1. The molecule has 1 aliphatic heterocycles. The van der Waals surface area contributed by atoms with Gasteiger partial charge in [0.25, 0.3) is 5.56 Å². The Labute approximate surface area is 221 Å². The minimum Gasteiger partial charge on any atom is -0.496 e. The Kier molecular flexibility index (Phi) is 7.80. The molecule has 0 amide bonds. The SMILES string of the molecule is CCOc1ccc([C@@H]2C(C(=O)OC(C)C)=C(C)N=c3s/c(=C/c4ccc(OC)c(Br)c4)c(=O)n32)cc1. The zero-order valence-electron chi connectivity index (χ0n) is 20.7. The lowest BCUT2D eigenvalue weighted by Gasteiger charge is -2.25. The van der Waals surface area contributed by atoms with Crippen LogP contribution in [0.5, 0.6) is 11.5 Å². The summed E-state index contributed by atoms with van der Waals surface area (Å²) >= 11 is 4.78. The first-order valence-corrected chi connectivity index (χ1v) is 13.1.